The average Bonchev–Trinajstić information content (AvgIpc) is 3.40. The first-order valence-electron chi connectivity index (χ1n) is 11.0. The highest BCUT2D eigenvalue weighted by atomic mass is 19.1. The van der Waals surface area contributed by atoms with Crippen LogP contribution in [0.5, 0.6) is 5.75 Å². The quantitative estimate of drug-likeness (QED) is 0.620. The van der Waals surface area contributed by atoms with Crippen molar-refractivity contribution in [2.45, 2.75) is 50.2 Å². The van der Waals surface area contributed by atoms with E-state index in [4.69, 9.17) is 9.84 Å². The maximum absolute atomic E-state index is 14.8. The van der Waals surface area contributed by atoms with Crippen LogP contribution in [0.3, 0.4) is 0 Å². The normalized spacial score (nSPS) is 21.9. The van der Waals surface area contributed by atoms with E-state index in [1.165, 1.54) is 17.1 Å². The number of fused-ring (bicyclic) bond motifs is 1. The van der Waals surface area contributed by atoms with Crippen LogP contribution >= 0.6 is 0 Å². The first-order valence-corrected chi connectivity index (χ1v) is 11.0. The SMILES string of the molecule is COc1cc2ncc(-c3nc(NC4CNCC4F)c(F)cc3F)n2nc1C1CCCCC1. The molecule has 32 heavy (non-hydrogen) atoms. The van der Waals surface area contributed by atoms with E-state index in [0.717, 1.165) is 37.4 Å². The predicted octanol–water partition coefficient (Wildman–Crippen LogP) is 3.85. The van der Waals surface area contributed by atoms with E-state index in [1.807, 2.05) is 0 Å². The van der Waals surface area contributed by atoms with Crippen LogP contribution in [0.2, 0.25) is 0 Å². The van der Waals surface area contributed by atoms with Gasteiger partial charge in [0.05, 0.1) is 19.3 Å². The highest BCUT2D eigenvalue weighted by Gasteiger charge is 2.29. The molecule has 1 aliphatic carbocycles. The third kappa shape index (κ3) is 3.76. The van der Waals surface area contributed by atoms with Gasteiger partial charge in [-0.3, -0.25) is 0 Å². The smallest absolute Gasteiger partial charge is 0.168 e. The number of imidazole rings is 1. The molecule has 0 spiro atoms. The molecule has 0 amide bonds. The maximum Gasteiger partial charge on any atom is 0.168 e. The maximum atomic E-state index is 14.8. The number of hydrogen-bond acceptors (Lipinski definition) is 6. The lowest BCUT2D eigenvalue weighted by Crippen LogP contribution is -2.30. The Labute approximate surface area is 183 Å². The fourth-order valence-electron chi connectivity index (χ4n) is 4.61. The van der Waals surface area contributed by atoms with Crippen LogP contribution < -0.4 is 15.4 Å². The standard InChI is InChI=1S/C22H25F3N6O/c1-32-18-8-19-27-11-17(31(19)30-20(18)12-5-3-2-4-6-12)21-13(23)7-14(24)22(29-21)28-16-10-26-9-15(16)25/h7-8,11-12,15-16,26H,2-6,9-10H2,1H3,(H,28,29). The highest BCUT2D eigenvalue weighted by molar-refractivity contribution is 5.63. The topological polar surface area (TPSA) is 76.4 Å². The summed E-state index contributed by atoms with van der Waals surface area (Å²) in [5.41, 5.74) is 1.47. The fourth-order valence-corrected chi connectivity index (χ4v) is 4.61. The highest BCUT2D eigenvalue weighted by Crippen LogP contribution is 2.37. The summed E-state index contributed by atoms with van der Waals surface area (Å²) >= 11 is 0. The second-order valence-electron chi connectivity index (χ2n) is 8.42. The Bertz CT molecular complexity index is 1130. The van der Waals surface area contributed by atoms with Gasteiger partial charge in [0.25, 0.3) is 0 Å². The molecule has 1 saturated carbocycles. The van der Waals surface area contributed by atoms with Gasteiger partial charge in [-0.1, -0.05) is 19.3 Å². The van der Waals surface area contributed by atoms with E-state index < -0.39 is 23.8 Å². The number of aromatic nitrogens is 4. The van der Waals surface area contributed by atoms with Crippen molar-refractivity contribution in [2.75, 3.05) is 25.5 Å². The summed E-state index contributed by atoms with van der Waals surface area (Å²) in [4.78, 5) is 8.49. The fraction of sp³-hybridized carbons (Fsp3) is 0.500. The van der Waals surface area contributed by atoms with E-state index in [1.54, 1.807) is 13.2 Å². The molecular weight excluding hydrogens is 421 g/mol. The van der Waals surface area contributed by atoms with Crippen LogP contribution in [-0.2, 0) is 0 Å². The number of nitrogens with one attached hydrogen (secondary N) is 2. The van der Waals surface area contributed by atoms with Gasteiger partial charge in [0.15, 0.2) is 23.1 Å². The number of halogens is 3. The molecule has 5 rings (SSSR count). The van der Waals surface area contributed by atoms with E-state index in [0.29, 0.717) is 23.6 Å². The third-order valence-corrected chi connectivity index (χ3v) is 6.33. The lowest BCUT2D eigenvalue weighted by molar-refractivity contribution is 0.341. The van der Waals surface area contributed by atoms with Crippen LogP contribution in [0.4, 0.5) is 19.0 Å². The van der Waals surface area contributed by atoms with Crippen molar-refractivity contribution in [3.63, 3.8) is 0 Å². The number of pyridine rings is 1. The number of rotatable bonds is 5. The van der Waals surface area contributed by atoms with Gasteiger partial charge in [-0.25, -0.2) is 27.7 Å². The predicted molar refractivity (Wildman–Crippen MR) is 114 cm³/mol. The van der Waals surface area contributed by atoms with Gasteiger partial charge in [0, 0.05) is 31.1 Å². The number of ether oxygens (including phenoxy) is 1. The summed E-state index contributed by atoms with van der Waals surface area (Å²) in [7, 11) is 1.60. The Balaban J connectivity index is 1.57. The van der Waals surface area contributed by atoms with Crippen LogP contribution in [-0.4, -0.2) is 52.0 Å². The molecule has 1 saturated heterocycles. The number of nitrogens with zero attached hydrogens (tertiary/aromatic N) is 4. The summed E-state index contributed by atoms with van der Waals surface area (Å²) in [6.45, 7) is 0.507. The second kappa shape index (κ2) is 8.57. The van der Waals surface area contributed by atoms with E-state index in [2.05, 4.69) is 20.6 Å². The van der Waals surface area contributed by atoms with Crippen molar-refractivity contribution < 1.29 is 17.9 Å². The first kappa shape index (κ1) is 21.0. The molecule has 2 atom stereocenters. The molecule has 2 fully saturated rings. The van der Waals surface area contributed by atoms with Gasteiger partial charge < -0.3 is 15.4 Å². The molecule has 10 heteroatoms. The first-order chi connectivity index (χ1) is 15.5. The molecule has 1 aliphatic heterocycles. The molecule has 0 radical (unpaired) electrons. The minimum atomic E-state index is -1.19. The minimum absolute atomic E-state index is 0.102. The molecular formula is C22H25F3N6O. The minimum Gasteiger partial charge on any atom is -0.495 e. The number of methoxy groups -OCH3 is 1. The zero-order valence-corrected chi connectivity index (χ0v) is 17.7. The average molecular weight is 446 g/mol. The van der Waals surface area contributed by atoms with Gasteiger partial charge in [-0.15, -0.1) is 0 Å². The van der Waals surface area contributed by atoms with Gasteiger partial charge in [-0.05, 0) is 12.8 Å². The molecule has 2 aliphatic rings. The van der Waals surface area contributed by atoms with Crippen molar-refractivity contribution >= 4 is 11.5 Å². The Kier molecular flexibility index (Phi) is 5.62. The van der Waals surface area contributed by atoms with Crippen molar-refractivity contribution in [1.29, 1.82) is 0 Å². The second-order valence-corrected chi connectivity index (χ2v) is 8.42. The lowest BCUT2D eigenvalue weighted by Gasteiger charge is -2.22. The molecule has 7 nitrogen and oxygen atoms in total. The van der Waals surface area contributed by atoms with E-state index >= 15 is 0 Å². The molecule has 0 aromatic carbocycles. The Morgan fingerprint density at radius 1 is 1.12 bits per heavy atom. The van der Waals surface area contributed by atoms with Crippen molar-refractivity contribution in [1.82, 2.24) is 24.9 Å². The van der Waals surface area contributed by atoms with Gasteiger partial charge in [-0.2, -0.15) is 5.10 Å². The molecule has 3 aromatic heterocycles. The molecule has 170 valence electrons. The van der Waals surface area contributed by atoms with Gasteiger partial charge in [0.1, 0.15) is 29.0 Å². The number of alkyl halides is 1. The van der Waals surface area contributed by atoms with Gasteiger partial charge >= 0.3 is 0 Å². The van der Waals surface area contributed by atoms with Crippen LogP contribution in [0.25, 0.3) is 17.0 Å². The summed E-state index contributed by atoms with van der Waals surface area (Å²) in [5.74, 6) is -1.02. The van der Waals surface area contributed by atoms with Crippen LogP contribution in [0, 0.1) is 11.6 Å². The third-order valence-electron chi connectivity index (χ3n) is 6.33. The lowest BCUT2D eigenvalue weighted by atomic mass is 9.86. The molecule has 4 heterocycles. The number of hydrogen-bond donors (Lipinski definition) is 2. The molecule has 2 unspecified atom stereocenters. The Morgan fingerprint density at radius 3 is 2.66 bits per heavy atom. The zero-order valence-electron chi connectivity index (χ0n) is 17.7. The summed E-state index contributed by atoms with van der Waals surface area (Å²) in [6.07, 6.45) is 5.74. The van der Waals surface area contributed by atoms with Gasteiger partial charge in [0.2, 0.25) is 0 Å². The summed E-state index contributed by atoms with van der Waals surface area (Å²) in [5, 5.41) is 10.4. The van der Waals surface area contributed by atoms with Crippen LogP contribution in [0.1, 0.15) is 43.7 Å². The zero-order chi connectivity index (χ0) is 22.2. The van der Waals surface area contributed by atoms with Crippen molar-refractivity contribution in [3.8, 4) is 17.1 Å². The molecule has 0 bridgehead atoms. The van der Waals surface area contributed by atoms with Crippen LogP contribution in [0.15, 0.2) is 18.3 Å². The number of anilines is 1. The van der Waals surface area contributed by atoms with E-state index in [9.17, 15) is 13.2 Å². The monoisotopic (exact) mass is 446 g/mol. The summed E-state index contributed by atoms with van der Waals surface area (Å²) in [6, 6.07) is 1.89. The van der Waals surface area contributed by atoms with Crippen molar-refractivity contribution in [3.05, 3.63) is 35.7 Å². The largest absolute Gasteiger partial charge is 0.495 e. The van der Waals surface area contributed by atoms with Crippen molar-refractivity contribution in [2.24, 2.45) is 0 Å². The van der Waals surface area contributed by atoms with E-state index in [-0.39, 0.29) is 24.0 Å². The Hall–Kier alpha value is -2.88. The molecule has 2 N–H and O–H groups in total. The Morgan fingerprint density at radius 2 is 1.94 bits per heavy atom. The summed E-state index contributed by atoms with van der Waals surface area (Å²) < 4.78 is 50.3. The molecule has 3 aromatic rings.